The van der Waals surface area contributed by atoms with Crippen molar-refractivity contribution in [1.29, 1.82) is 0 Å². The minimum Gasteiger partial charge on any atom is -0.322 e. The monoisotopic (exact) mass is 409 g/mol. The molecule has 12 heteroatoms. The summed E-state index contributed by atoms with van der Waals surface area (Å²) in [7, 11) is 0. The molecular weight excluding hydrogens is 395 g/mol. The summed E-state index contributed by atoms with van der Waals surface area (Å²) in [5.74, 6) is 2.06. The highest BCUT2D eigenvalue weighted by Crippen LogP contribution is 2.43. The summed E-state index contributed by atoms with van der Waals surface area (Å²) in [4.78, 5) is 3.18. The van der Waals surface area contributed by atoms with Crippen LogP contribution in [0.2, 0.25) is 0 Å². The van der Waals surface area contributed by atoms with Gasteiger partial charge in [0, 0.05) is 18.8 Å². The number of hydrazone groups is 1. The van der Waals surface area contributed by atoms with Gasteiger partial charge in [-0.05, 0) is 23.8 Å². The SMILES string of the molecule is N/N=C\N(N)CC(c1ccc(F)cc1F)C(F)(F)c1ccc(C(F)(F)F)cn1. The van der Waals surface area contributed by atoms with Crippen LogP contribution in [0, 0.1) is 11.6 Å². The van der Waals surface area contributed by atoms with Crippen LogP contribution in [0.3, 0.4) is 0 Å². The van der Waals surface area contributed by atoms with Crippen LogP contribution < -0.4 is 11.7 Å². The number of benzene rings is 1. The quantitative estimate of drug-likeness (QED) is 0.252. The highest BCUT2D eigenvalue weighted by Gasteiger charge is 2.46. The molecule has 0 aliphatic rings. The van der Waals surface area contributed by atoms with Gasteiger partial charge in [0.15, 0.2) is 0 Å². The van der Waals surface area contributed by atoms with Crippen molar-refractivity contribution in [2.45, 2.75) is 18.0 Å². The predicted molar refractivity (Wildman–Crippen MR) is 85.8 cm³/mol. The van der Waals surface area contributed by atoms with Gasteiger partial charge in [0.25, 0.3) is 5.92 Å². The highest BCUT2D eigenvalue weighted by atomic mass is 19.4. The Labute approximate surface area is 154 Å². The number of hydrazine groups is 1. The van der Waals surface area contributed by atoms with Gasteiger partial charge in [-0.1, -0.05) is 6.07 Å². The Bertz CT molecular complexity index is 836. The lowest BCUT2D eigenvalue weighted by Gasteiger charge is -2.29. The maximum Gasteiger partial charge on any atom is 0.417 e. The van der Waals surface area contributed by atoms with Gasteiger partial charge in [-0.2, -0.15) is 27.1 Å². The fourth-order valence-corrected chi connectivity index (χ4v) is 2.47. The smallest absolute Gasteiger partial charge is 0.322 e. The van der Waals surface area contributed by atoms with E-state index >= 15 is 8.78 Å². The van der Waals surface area contributed by atoms with Crippen molar-refractivity contribution in [3.05, 3.63) is 65.0 Å². The van der Waals surface area contributed by atoms with Crippen molar-refractivity contribution in [2.24, 2.45) is 16.8 Å². The molecule has 0 amide bonds. The van der Waals surface area contributed by atoms with Gasteiger partial charge in [0.2, 0.25) is 0 Å². The zero-order valence-electron chi connectivity index (χ0n) is 14.0. The van der Waals surface area contributed by atoms with Crippen molar-refractivity contribution >= 4 is 6.34 Å². The average molecular weight is 409 g/mol. The molecule has 0 aliphatic heterocycles. The van der Waals surface area contributed by atoms with Crippen LogP contribution in [0.4, 0.5) is 30.7 Å². The molecule has 0 saturated carbocycles. The zero-order valence-corrected chi connectivity index (χ0v) is 14.0. The molecule has 1 atom stereocenters. The van der Waals surface area contributed by atoms with Crippen LogP contribution in [-0.4, -0.2) is 22.9 Å². The van der Waals surface area contributed by atoms with Crippen LogP contribution in [0.1, 0.15) is 22.7 Å². The summed E-state index contributed by atoms with van der Waals surface area (Å²) in [5, 5.41) is 3.68. The molecule has 0 aliphatic carbocycles. The standard InChI is InChI=1S/C16H14F7N5/c17-10-2-3-11(13(18)5-10)12(7-28(25)8-27-24)15(19,20)14-4-1-9(6-26-14)16(21,22)23/h1-6,8,12H,7,24-25H2/b27-8-. The molecule has 1 aromatic carbocycles. The Morgan fingerprint density at radius 1 is 1.11 bits per heavy atom. The number of nitrogens with zero attached hydrogens (tertiary/aromatic N) is 3. The van der Waals surface area contributed by atoms with Gasteiger partial charge in [0.1, 0.15) is 23.7 Å². The van der Waals surface area contributed by atoms with Crippen molar-refractivity contribution in [3.8, 4) is 0 Å². The van der Waals surface area contributed by atoms with Gasteiger partial charge in [-0.25, -0.2) is 14.6 Å². The third-order valence-electron chi connectivity index (χ3n) is 3.82. The largest absolute Gasteiger partial charge is 0.417 e. The summed E-state index contributed by atoms with van der Waals surface area (Å²) >= 11 is 0. The number of hydrogen-bond acceptors (Lipinski definition) is 4. The Balaban J connectivity index is 2.50. The van der Waals surface area contributed by atoms with Crippen molar-refractivity contribution in [1.82, 2.24) is 9.99 Å². The van der Waals surface area contributed by atoms with E-state index in [0.717, 1.165) is 18.5 Å². The molecule has 2 rings (SSSR count). The first-order valence-corrected chi connectivity index (χ1v) is 7.58. The first-order valence-electron chi connectivity index (χ1n) is 7.58. The van der Waals surface area contributed by atoms with E-state index < -0.39 is 53.0 Å². The lowest BCUT2D eigenvalue weighted by atomic mass is 9.89. The second kappa shape index (κ2) is 8.00. The molecule has 1 unspecified atom stereocenters. The third-order valence-corrected chi connectivity index (χ3v) is 3.82. The summed E-state index contributed by atoms with van der Waals surface area (Å²) in [6.07, 6.45) is -3.75. The van der Waals surface area contributed by atoms with Gasteiger partial charge in [-0.15, -0.1) is 0 Å². The van der Waals surface area contributed by atoms with Crippen LogP contribution >= 0.6 is 0 Å². The van der Waals surface area contributed by atoms with E-state index in [1.807, 2.05) is 0 Å². The van der Waals surface area contributed by atoms with E-state index in [0.29, 0.717) is 23.2 Å². The minimum atomic E-state index is -4.77. The third kappa shape index (κ3) is 4.68. The second-order valence-electron chi connectivity index (χ2n) is 5.73. The van der Waals surface area contributed by atoms with Gasteiger partial charge < -0.3 is 5.84 Å². The van der Waals surface area contributed by atoms with E-state index in [1.54, 1.807) is 0 Å². The molecule has 2 aromatic rings. The van der Waals surface area contributed by atoms with E-state index in [4.69, 9.17) is 11.7 Å². The number of rotatable bonds is 6. The first-order chi connectivity index (χ1) is 13.0. The minimum absolute atomic E-state index is 0.239. The summed E-state index contributed by atoms with van der Waals surface area (Å²) in [6, 6.07) is 2.86. The van der Waals surface area contributed by atoms with Crippen LogP contribution in [-0.2, 0) is 12.1 Å². The molecule has 0 fully saturated rings. The molecule has 0 spiro atoms. The Morgan fingerprint density at radius 2 is 1.79 bits per heavy atom. The molecule has 152 valence electrons. The first kappa shape index (κ1) is 21.4. The van der Waals surface area contributed by atoms with Gasteiger partial charge in [-0.3, -0.25) is 9.99 Å². The van der Waals surface area contributed by atoms with Crippen LogP contribution in [0.15, 0.2) is 41.6 Å². The van der Waals surface area contributed by atoms with Crippen LogP contribution in [0.5, 0.6) is 0 Å². The molecule has 4 N–H and O–H groups in total. The van der Waals surface area contributed by atoms with E-state index in [9.17, 15) is 22.0 Å². The Kier molecular flexibility index (Phi) is 6.12. The molecule has 28 heavy (non-hydrogen) atoms. The predicted octanol–water partition coefficient (Wildman–Crippen LogP) is 3.33. The summed E-state index contributed by atoms with van der Waals surface area (Å²) in [5.41, 5.74) is -2.89. The van der Waals surface area contributed by atoms with E-state index in [2.05, 4.69) is 10.1 Å². The summed E-state index contributed by atoms with van der Waals surface area (Å²) in [6.45, 7) is -0.751. The fourth-order valence-electron chi connectivity index (χ4n) is 2.47. The van der Waals surface area contributed by atoms with Gasteiger partial charge >= 0.3 is 6.18 Å². The summed E-state index contributed by atoms with van der Waals surface area (Å²) < 4.78 is 95.3. The number of aromatic nitrogens is 1. The van der Waals surface area contributed by atoms with Crippen LogP contribution in [0.25, 0.3) is 0 Å². The van der Waals surface area contributed by atoms with E-state index in [-0.39, 0.29) is 6.20 Å². The van der Waals surface area contributed by atoms with E-state index in [1.165, 1.54) is 0 Å². The molecule has 0 bridgehead atoms. The average Bonchev–Trinajstić information content (AvgIpc) is 2.60. The molecule has 5 nitrogen and oxygen atoms in total. The topological polar surface area (TPSA) is 80.5 Å². The lowest BCUT2D eigenvalue weighted by Crippen LogP contribution is -2.40. The number of halogens is 7. The number of hydrogen-bond donors (Lipinski definition) is 2. The number of pyridine rings is 1. The molecule has 1 heterocycles. The maximum absolute atomic E-state index is 15.1. The molecular formula is C16H14F7N5. The Hall–Kier alpha value is -2.89. The number of alkyl halides is 5. The second-order valence-corrected chi connectivity index (χ2v) is 5.73. The molecule has 0 radical (unpaired) electrons. The number of nitrogens with two attached hydrogens (primary N) is 2. The maximum atomic E-state index is 15.1. The molecule has 1 aromatic heterocycles. The van der Waals surface area contributed by atoms with Crippen molar-refractivity contribution in [3.63, 3.8) is 0 Å². The molecule has 0 saturated heterocycles. The Morgan fingerprint density at radius 3 is 2.29 bits per heavy atom. The highest BCUT2D eigenvalue weighted by molar-refractivity contribution is 5.53. The fraction of sp³-hybridized carbons (Fsp3) is 0.250. The zero-order chi connectivity index (χ0) is 21.1. The lowest BCUT2D eigenvalue weighted by molar-refractivity contribution is -0.138. The normalized spacial score (nSPS) is 13.7. The van der Waals surface area contributed by atoms with Gasteiger partial charge in [0.05, 0.1) is 11.5 Å². The van der Waals surface area contributed by atoms with Crippen molar-refractivity contribution < 1.29 is 30.7 Å². The van der Waals surface area contributed by atoms with Crippen molar-refractivity contribution in [2.75, 3.05) is 6.54 Å².